The molecular weight excluding hydrogens is 231 g/mol. The van der Waals surface area contributed by atoms with E-state index in [-0.39, 0.29) is 0 Å². The van der Waals surface area contributed by atoms with E-state index in [2.05, 4.69) is 16.0 Å². The first kappa shape index (κ1) is 6.22. The van der Waals surface area contributed by atoms with Crippen molar-refractivity contribution in [3.05, 3.63) is 24.3 Å². The molecule has 0 aliphatic rings. The van der Waals surface area contributed by atoms with Crippen LogP contribution in [0.3, 0.4) is 0 Å². The number of hydrogen-bond donors (Lipinski definition) is 1. The molecule has 0 unspecified atom stereocenters. The molecule has 1 heterocycles. The van der Waals surface area contributed by atoms with Crippen LogP contribution in [-0.2, 0) is 0 Å². The topological polar surface area (TPSA) is 28.7 Å². The van der Waals surface area contributed by atoms with Gasteiger partial charge in [0.05, 0.1) is 0 Å². The molecule has 0 fully saturated rings. The van der Waals surface area contributed by atoms with Gasteiger partial charge in [-0.2, -0.15) is 0 Å². The number of H-pyrrole nitrogens is 1. The van der Waals surface area contributed by atoms with E-state index in [1.807, 2.05) is 18.2 Å². The first-order valence-electron chi connectivity index (χ1n) is 3.27. The van der Waals surface area contributed by atoms with Gasteiger partial charge in [-0.15, -0.1) is 0 Å². The molecule has 2 nitrogen and oxygen atoms in total. The van der Waals surface area contributed by atoms with Gasteiger partial charge in [-0.1, -0.05) is 0 Å². The summed E-state index contributed by atoms with van der Waals surface area (Å²) >= 11 is 0.503. The summed E-state index contributed by atoms with van der Waals surface area (Å²) in [5, 5.41) is 0. The Bertz CT molecular complexity index is 320. The Kier molecular flexibility index (Phi) is 1.41. The van der Waals surface area contributed by atoms with E-state index in [4.69, 9.17) is 0 Å². The second-order valence-corrected chi connectivity index (χ2v) is 5.04. The Morgan fingerprint density at radius 3 is 2.90 bits per heavy atom. The van der Waals surface area contributed by atoms with Gasteiger partial charge in [-0.05, 0) is 0 Å². The Balaban J connectivity index is 2.88. The fourth-order valence-corrected chi connectivity index (χ4v) is 2.54. The molecule has 2 rings (SSSR count). The average Bonchev–Trinajstić information content (AvgIpc) is 2.27. The SMILES string of the molecule is [SnH3][c]1nc2ccccc2[nH]1. The molecule has 0 amide bonds. The Morgan fingerprint density at radius 1 is 1.30 bits per heavy atom. The molecule has 0 bridgehead atoms. The minimum atomic E-state index is 0.503. The summed E-state index contributed by atoms with van der Waals surface area (Å²) in [4.78, 5) is 7.59. The number of nitrogens with zero attached hydrogens (tertiary/aromatic N) is 1. The third kappa shape index (κ3) is 0.922. The third-order valence-corrected chi connectivity index (χ3v) is 2.86. The van der Waals surface area contributed by atoms with Crippen LogP contribution < -0.4 is 3.84 Å². The Morgan fingerprint density at radius 2 is 2.10 bits per heavy atom. The molecule has 0 aliphatic heterocycles. The maximum atomic E-state index is 4.35. The van der Waals surface area contributed by atoms with Crippen molar-refractivity contribution in [3.8, 4) is 0 Å². The fourth-order valence-electron chi connectivity index (χ4n) is 1.08. The van der Waals surface area contributed by atoms with Crippen molar-refractivity contribution < 1.29 is 0 Å². The van der Waals surface area contributed by atoms with Crippen LogP contribution in [0.4, 0.5) is 0 Å². The summed E-state index contributed by atoms with van der Waals surface area (Å²) in [5.41, 5.74) is 2.26. The molecule has 3 heteroatoms. The van der Waals surface area contributed by atoms with Crippen molar-refractivity contribution in [1.82, 2.24) is 9.97 Å². The monoisotopic (exact) mass is 240 g/mol. The summed E-state index contributed by atoms with van der Waals surface area (Å²) in [5.74, 6) is 0. The third-order valence-electron chi connectivity index (χ3n) is 1.51. The van der Waals surface area contributed by atoms with E-state index in [0.29, 0.717) is 22.5 Å². The molecule has 0 aliphatic carbocycles. The van der Waals surface area contributed by atoms with Crippen molar-refractivity contribution in [2.45, 2.75) is 0 Å². The van der Waals surface area contributed by atoms with Crippen LogP contribution in [0.15, 0.2) is 24.3 Å². The van der Waals surface area contributed by atoms with Crippen LogP contribution in [-0.4, -0.2) is 32.5 Å². The number of hydrogen-bond acceptors (Lipinski definition) is 1. The first-order valence-corrected chi connectivity index (χ1v) is 6.13. The molecule has 1 aromatic heterocycles. The van der Waals surface area contributed by atoms with Crippen molar-refractivity contribution in [2.24, 2.45) is 0 Å². The fraction of sp³-hybridized carbons (Fsp3) is 0. The quantitative estimate of drug-likeness (QED) is 0.620. The predicted octanol–water partition coefficient (Wildman–Crippen LogP) is -0.446. The van der Waals surface area contributed by atoms with Gasteiger partial charge in [-0.25, -0.2) is 0 Å². The van der Waals surface area contributed by atoms with Gasteiger partial charge in [0.15, 0.2) is 0 Å². The van der Waals surface area contributed by atoms with Crippen LogP contribution >= 0.6 is 0 Å². The van der Waals surface area contributed by atoms with Gasteiger partial charge in [-0.3, -0.25) is 0 Å². The normalized spacial score (nSPS) is 10.8. The van der Waals surface area contributed by atoms with Gasteiger partial charge in [0, 0.05) is 0 Å². The van der Waals surface area contributed by atoms with E-state index < -0.39 is 0 Å². The summed E-state index contributed by atoms with van der Waals surface area (Å²) in [6, 6.07) is 8.12. The van der Waals surface area contributed by atoms with Crippen molar-refractivity contribution in [2.75, 3.05) is 0 Å². The summed E-state index contributed by atoms with van der Waals surface area (Å²) in [7, 11) is 0. The molecule has 1 N–H and O–H groups in total. The molecule has 1 aromatic carbocycles. The second kappa shape index (κ2) is 2.27. The molecule has 0 atom stereocenters. The Hall–Kier alpha value is -0.511. The Labute approximate surface area is 71.8 Å². The van der Waals surface area contributed by atoms with Crippen molar-refractivity contribution >= 4 is 37.4 Å². The van der Waals surface area contributed by atoms with E-state index in [1.165, 1.54) is 3.84 Å². The van der Waals surface area contributed by atoms with Gasteiger partial charge in [0.25, 0.3) is 0 Å². The zero-order valence-corrected chi connectivity index (χ0v) is 11.5. The van der Waals surface area contributed by atoms with Crippen LogP contribution in [0.5, 0.6) is 0 Å². The number of aromatic amines is 1. The zero-order valence-electron chi connectivity index (χ0n) is 5.76. The molecule has 2 aromatic rings. The number of para-hydroxylation sites is 2. The molecule has 0 radical (unpaired) electrons. The second-order valence-electron chi connectivity index (χ2n) is 2.34. The molecule has 0 saturated carbocycles. The van der Waals surface area contributed by atoms with Crippen molar-refractivity contribution in [1.29, 1.82) is 0 Å². The van der Waals surface area contributed by atoms with Crippen LogP contribution in [0, 0.1) is 0 Å². The van der Waals surface area contributed by atoms with Crippen LogP contribution in [0.2, 0.25) is 0 Å². The molecule has 0 saturated heterocycles. The maximum absolute atomic E-state index is 4.35. The van der Waals surface area contributed by atoms with Gasteiger partial charge >= 0.3 is 71.6 Å². The van der Waals surface area contributed by atoms with E-state index in [1.54, 1.807) is 0 Å². The van der Waals surface area contributed by atoms with Gasteiger partial charge in [0.1, 0.15) is 0 Å². The summed E-state index contributed by atoms with van der Waals surface area (Å²) in [6.07, 6.45) is 0. The van der Waals surface area contributed by atoms with Crippen LogP contribution in [0.1, 0.15) is 0 Å². The number of aromatic nitrogens is 2. The number of benzene rings is 1. The van der Waals surface area contributed by atoms with E-state index >= 15 is 0 Å². The molecule has 10 heavy (non-hydrogen) atoms. The molecule has 50 valence electrons. The standard InChI is InChI=1S/C7H5N2.Sn.3H/c1-2-4-7-6(3-1)8-5-9-7;;;;/h1-4H,(H,8,9);;;;. The van der Waals surface area contributed by atoms with Gasteiger partial charge < -0.3 is 0 Å². The molecule has 0 spiro atoms. The number of imidazole rings is 1. The summed E-state index contributed by atoms with van der Waals surface area (Å²) in [6.45, 7) is 0. The van der Waals surface area contributed by atoms with E-state index in [9.17, 15) is 0 Å². The number of fused-ring (bicyclic) bond motifs is 1. The number of rotatable bonds is 0. The summed E-state index contributed by atoms with van der Waals surface area (Å²) < 4.78 is 1.18. The van der Waals surface area contributed by atoms with Gasteiger partial charge in [0.2, 0.25) is 0 Å². The average molecular weight is 239 g/mol. The van der Waals surface area contributed by atoms with Crippen molar-refractivity contribution in [3.63, 3.8) is 0 Å². The first-order chi connectivity index (χ1) is 4.86. The number of nitrogens with one attached hydrogen (secondary N) is 1. The minimum absolute atomic E-state index is 0.503. The van der Waals surface area contributed by atoms with Crippen LogP contribution in [0.25, 0.3) is 11.0 Å². The predicted molar refractivity (Wildman–Crippen MR) is 45.7 cm³/mol. The van der Waals surface area contributed by atoms with E-state index in [0.717, 1.165) is 11.0 Å². The molecular formula is C7H8N2Sn. The zero-order chi connectivity index (χ0) is 6.97.